The molecule has 0 unspecified atom stereocenters. The van der Waals surface area contributed by atoms with Crippen molar-refractivity contribution in [1.82, 2.24) is 10.6 Å². The van der Waals surface area contributed by atoms with Gasteiger partial charge in [-0.15, -0.1) is 0 Å². The van der Waals surface area contributed by atoms with Gasteiger partial charge in [0, 0.05) is 6.07 Å². The van der Waals surface area contributed by atoms with Crippen molar-refractivity contribution < 1.29 is 14.1 Å². The van der Waals surface area contributed by atoms with Crippen molar-refractivity contribution in [3.63, 3.8) is 0 Å². The van der Waals surface area contributed by atoms with Gasteiger partial charge >= 0.3 is 0 Å². The number of rotatable bonds is 5. The number of carbonyl (C=O) groups is 1. The zero-order valence-electron chi connectivity index (χ0n) is 11.4. The van der Waals surface area contributed by atoms with E-state index in [0.717, 1.165) is 5.75 Å². The highest BCUT2D eigenvalue weighted by atomic mass is 16.5. The second-order valence-corrected chi connectivity index (χ2v) is 4.66. The second-order valence-electron chi connectivity index (χ2n) is 4.66. The first-order valence-electron chi connectivity index (χ1n) is 6.29. The molecule has 0 aliphatic heterocycles. The number of ether oxygens (including phenoxy) is 1. The van der Waals surface area contributed by atoms with Crippen molar-refractivity contribution in [2.24, 2.45) is 5.84 Å². The minimum Gasteiger partial charge on any atom is -0.486 e. The average molecular weight is 275 g/mol. The van der Waals surface area contributed by atoms with Gasteiger partial charge < -0.3 is 9.26 Å². The number of carbonyl (C=O) groups excluding carboxylic acids is 1. The quantitative estimate of drug-likeness (QED) is 0.494. The molecule has 1 aromatic carbocycles. The Bertz CT molecular complexity index is 576. The lowest BCUT2D eigenvalue weighted by Gasteiger charge is -2.07. The van der Waals surface area contributed by atoms with Gasteiger partial charge in [-0.1, -0.05) is 31.1 Å². The Labute approximate surface area is 116 Å². The average Bonchev–Trinajstić information content (AvgIpc) is 2.93. The largest absolute Gasteiger partial charge is 0.486 e. The standard InChI is InChI=1S/C14H17N3O3/c1-9(2)10-3-5-11(6-4-10)19-8-12-7-13(17-20-12)14(18)16-15/h3-7,9H,8,15H2,1-2H3,(H,16,18). The maximum absolute atomic E-state index is 11.2. The molecule has 0 atom stereocenters. The molecule has 0 aliphatic carbocycles. The van der Waals surface area contributed by atoms with Crippen molar-refractivity contribution in [3.8, 4) is 5.75 Å². The van der Waals surface area contributed by atoms with Crippen LogP contribution in [0.4, 0.5) is 0 Å². The molecule has 3 N–H and O–H groups in total. The van der Waals surface area contributed by atoms with Gasteiger partial charge in [0.2, 0.25) is 0 Å². The molecular weight excluding hydrogens is 258 g/mol. The van der Waals surface area contributed by atoms with Crippen LogP contribution >= 0.6 is 0 Å². The molecule has 6 heteroatoms. The fourth-order valence-corrected chi connectivity index (χ4v) is 1.67. The van der Waals surface area contributed by atoms with Gasteiger partial charge in [0.15, 0.2) is 11.5 Å². The van der Waals surface area contributed by atoms with Crippen molar-refractivity contribution in [2.45, 2.75) is 26.4 Å². The number of benzene rings is 1. The zero-order chi connectivity index (χ0) is 14.5. The van der Waals surface area contributed by atoms with Crippen LogP contribution in [-0.2, 0) is 6.61 Å². The van der Waals surface area contributed by atoms with Crippen LogP contribution in [-0.4, -0.2) is 11.1 Å². The molecule has 2 aromatic rings. The molecule has 1 amide bonds. The van der Waals surface area contributed by atoms with E-state index in [4.69, 9.17) is 15.1 Å². The second kappa shape index (κ2) is 6.21. The summed E-state index contributed by atoms with van der Waals surface area (Å²) in [5.41, 5.74) is 3.36. The van der Waals surface area contributed by atoms with Gasteiger partial charge in [-0.25, -0.2) is 5.84 Å². The zero-order valence-corrected chi connectivity index (χ0v) is 11.4. The molecule has 106 valence electrons. The highest BCUT2D eigenvalue weighted by molar-refractivity contribution is 5.91. The van der Waals surface area contributed by atoms with E-state index < -0.39 is 5.91 Å². The Morgan fingerprint density at radius 3 is 2.70 bits per heavy atom. The summed E-state index contributed by atoms with van der Waals surface area (Å²) < 4.78 is 10.5. The van der Waals surface area contributed by atoms with Crippen LogP contribution < -0.4 is 16.0 Å². The predicted octanol–water partition coefficient (Wildman–Crippen LogP) is 1.98. The fourth-order valence-electron chi connectivity index (χ4n) is 1.67. The minimum absolute atomic E-state index is 0.126. The van der Waals surface area contributed by atoms with Gasteiger partial charge in [0.25, 0.3) is 5.91 Å². The summed E-state index contributed by atoms with van der Waals surface area (Å²) in [6, 6.07) is 9.34. The Morgan fingerprint density at radius 2 is 2.10 bits per heavy atom. The fraction of sp³-hybridized carbons (Fsp3) is 0.286. The third-order valence-electron chi connectivity index (χ3n) is 2.85. The van der Waals surface area contributed by atoms with Gasteiger partial charge in [-0.3, -0.25) is 10.2 Å². The van der Waals surface area contributed by atoms with Crippen LogP contribution in [0.2, 0.25) is 0 Å². The first-order chi connectivity index (χ1) is 9.60. The molecule has 2 rings (SSSR count). The van der Waals surface area contributed by atoms with Crippen LogP contribution in [0.1, 0.15) is 41.6 Å². The molecule has 0 fully saturated rings. The summed E-state index contributed by atoms with van der Waals surface area (Å²) in [5.74, 6) is 6.17. The van der Waals surface area contributed by atoms with Crippen molar-refractivity contribution in [1.29, 1.82) is 0 Å². The summed E-state index contributed by atoms with van der Waals surface area (Å²) in [7, 11) is 0. The van der Waals surface area contributed by atoms with Crippen LogP contribution in [0.5, 0.6) is 5.75 Å². The van der Waals surface area contributed by atoms with Gasteiger partial charge in [-0.05, 0) is 23.6 Å². The van der Waals surface area contributed by atoms with E-state index >= 15 is 0 Å². The van der Waals surface area contributed by atoms with Crippen molar-refractivity contribution in [2.75, 3.05) is 0 Å². The third kappa shape index (κ3) is 3.36. The lowest BCUT2D eigenvalue weighted by atomic mass is 10.0. The topological polar surface area (TPSA) is 90.4 Å². The number of aromatic nitrogens is 1. The molecule has 0 saturated carbocycles. The number of hydrogen-bond donors (Lipinski definition) is 2. The Morgan fingerprint density at radius 1 is 1.40 bits per heavy atom. The normalized spacial score (nSPS) is 10.6. The van der Waals surface area contributed by atoms with Gasteiger partial charge in [0.05, 0.1) is 0 Å². The summed E-state index contributed by atoms with van der Waals surface area (Å²) in [4.78, 5) is 11.2. The molecule has 0 saturated heterocycles. The summed E-state index contributed by atoms with van der Waals surface area (Å²) in [5, 5.41) is 3.59. The number of nitrogen functional groups attached to an aromatic ring is 1. The Balaban J connectivity index is 1.94. The third-order valence-corrected chi connectivity index (χ3v) is 2.85. The number of amides is 1. The molecular formula is C14H17N3O3. The summed E-state index contributed by atoms with van der Waals surface area (Å²) in [6.07, 6.45) is 0. The van der Waals surface area contributed by atoms with E-state index in [0.29, 0.717) is 11.7 Å². The summed E-state index contributed by atoms with van der Waals surface area (Å²) in [6.45, 7) is 4.47. The van der Waals surface area contributed by atoms with Gasteiger partial charge in [0.1, 0.15) is 12.4 Å². The minimum atomic E-state index is -0.499. The van der Waals surface area contributed by atoms with Gasteiger partial charge in [-0.2, -0.15) is 0 Å². The first-order valence-corrected chi connectivity index (χ1v) is 6.29. The van der Waals surface area contributed by atoms with E-state index in [-0.39, 0.29) is 12.3 Å². The number of nitrogens with zero attached hydrogens (tertiary/aromatic N) is 1. The lowest BCUT2D eigenvalue weighted by molar-refractivity contribution is 0.0944. The van der Waals surface area contributed by atoms with E-state index in [1.54, 1.807) is 0 Å². The summed E-state index contributed by atoms with van der Waals surface area (Å²) >= 11 is 0. The van der Waals surface area contributed by atoms with E-state index in [1.165, 1.54) is 11.6 Å². The van der Waals surface area contributed by atoms with Crippen LogP contribution in [0.15, 0.2) is 34.9 Å². The van der Waals surface area contributed by atoms with E-state index in [1.807, 2.05) is 29.7 Å². The highest BCUT2D eigenvalue weighted by Crippen LogP contribution is 2.19. The van der Waals surface area contributed by atoms with Crippen molar-refractivity contribution >= 4 is 5.91 Å². The molecule has 0 bridgehead atoms. The van der Waals surface area contributed by atoms with Crippen LogP contribution in [0.3, 0.4) is 0 Å². The molecule has 20 heavy (non-hydrogen) atoms. The monoisotopic (exact) mass is 275 g/mol. The number of hydrazine groups is 1. The van der Waals surface area contributed by atoms with Crippen LogP contribution in [0, 0.1) is 0 Å². The number of nitrogens with two attached hydrogens (primary N) is 1. The molecule has 0 radical (unpaired) electrons. The maximum Gasteiger partial charge on any atom is 0.287 e. The number of hydrogen-bond acceptors (Lipinski definition) is 5. The van der Waals surface area contributed by atoms with E-state index in [9.17, 15) is 4.79 Å². The Kier molecular flexibility index (Phi) is 4.37. The number of nitrogens with one attached hydrogen (secondary N) is 1. The lowest BCUT2D eigenvalue weighted by Crippen LogP contribution is -2.30. The Hall–Kier alpha value is -2.34. The molecule has 1 heterocycles. The molecule has 1 aromatic heterocycles. The molecule has 0 spiro atoms. The predicted molar refractivity (Wildman–Crippen MR) is 73.0 cm³/mol. The van der Waals surface area contributed by atoms with E-state index in [2.05, 4.69) is 19.0 Å². The molecule has 0 aliphatic rings. The smallest absolute Gasteiger partial charge is 0.287 e. The highest BCUT2D eigenvalue weighted by Gasteiger charge is 2.11. The van der Waals surface area contributed by atoms with Crippen LogP contribution in [0.25, 0.3) is 0 Å². The van der Waals surface area contributed by atoms with Crippen molar-refractivity contribution in [3.05, 3.63) is 47.3 Å². The first kappa shape index (κ1) is 14.1. The SMILES string of the molecule is CC(C)c1ccc(OCc2cc(C(=O)NN)no2)cc1. The maximum atomic E-state index is 11.2. The molecule has 6 nitrogen and oxygen atoms in total.